The van der Waals surface area contributed by atoms with E-state index in [9.17, 15) is 19.5 Å². The van der Waals surface area contributed by atoms with Crippen LogP contribution in [0.4, 0.5) is 0 Å². The van der Waals surface area contributed by atoms with E-state index in [0.717, 1.165) is 25.7 Å². The van der Waals surface area contributed by atoms with Crippen molar-refractivity contribution < 1.29 is 24.2 Å². The van der Waals surface area contributed by atoms with Crippen LogP contribution < -0.4 is 0 Å². The van der Waals surface area contributed by atoms with Gasteiger partial charge >= 0.3 is 5.97 Å². The summed E-state index contributed by atoms with van der Waals surface area (Å²) in [4.78, 5) is 44.7. The number of aliphatic hydroxyl groups excluding tert-OH is 1. The Morgan fingerprint density at radius 2 is 1.88 bits per heavy atom. The Morgan fingerprint density at radius 3 is 2.59 bits per heavy atom. The van der Waals surface area contributed by atoms with E-state index >= 15 is 0 Å². The number of amides is 2. The molecule has 1 unspecified atom stereocenters. The summed E-state index contributed by atoms with van der Waals surface area (Å²) >= 11 is 1.55. The molecular formula is C24H32N2O5S. The fraction of sp³-hybridized carbons (Fsp3) is 0.708. The van der Waals surface area contributed by atoms with Crippen LogP contribution in [0.3, 0.4) is 0 Å². The van der Waals surface area contributed by atoms with Gasteiger partial charge in [-0.3, -0.25) is 14.4 Å². The fourth-order valence-corrected chi connectivity index (χ4v) is 8.74. The minimum atomic E-state index is -0.860. The maximum Gasteiger partial charge on any atom is 0.311 e. The molecule has 7 nitrogen and oxygen atoms in total. The van der Waals surface area contributed by atoms with Gasteiger partial charge in [-0.05, 0) is 32.8 Å². The molecule has 8 heteroatoms. The van der Waals surface area contributed by atoms with E-state index in [1.165, 1.54) is 6.42 Å². The first-order valence-corrected chi connectivity index (χ1v) is 12.6. The Labute approximate surface area is 193 Å². The molecule has 32 heavy (non-hydrogen) atoms. The van der Waals surface area contributed by atoms with Crippen LogP contribution in [-0.2, 0) is 19.1 Å². The number of fused-ring (bicyclic) bond motifs is 2. The number of carbonyl (C=O) groups excluding carboxylic acids is 3. The van der Waals surface area contributed by atoms with Crippen molar-refractivity contribution in [2.45, 2.75) is 73.6 Å². The second-order valence-electron chi connectivity index (χ2n) is 9.99. The third-order valence-corrected chi connectivity index (χ3v) is 9.83. The van der Waals surface area contributed by atoms with Gasteiger partial charge in [0.2, 0.25) is 11.8 Å². The molecule has 0 aromatic rings. The molecule has 4 heterocycles. The predicted octanol–water partition coefficient (Wildman–Crippen LogP) is 1.90. The summed E-state index contributed by atoms with van der Waals surface area (Å²) in [6.45, 7) is 4.23. The summed E-state index contributed by atoms with van der Waals surface area (Å²) in [5, 5.41) is 9.97. The first-order valence-electron chi connectivity index (χ1n) is 11.8. The first kappa shape index (κ1) is 22.0. The van der Waals surface area contributed by atoms with Crippen molar-refractivity contribution in [1.29, 1.82) is 0 Å². The van der Waals surface area contributed by atoms with E-state index in [4.69, 9.17) is 4.74 Å². The lowest BCUT2D eigenvalue weighted by Gasteiger charge is -2.41. The number of likely N-dealkylation sites (tertiary alicyclic amines) is 1. The zero-order chi connectivity index (χ0) is 22.7. The number of carbonyl (C=O) groups is 3. The summed E-state index contributed by atoms with van der Waals surface area (Å²) < 4.78 is 3.94. The van der Waals surface area contributed by atoms with Crippen LogP contribution in [0.1, 0.15) is 46.0 Å². The topological polar surface area (TPSA) is 87.2 Å². The summed E-state index contributed by atoms with van der Waals surface area (Å²) in [5.74, 6) is -2.03. The standard InChI is InChI=1S/C24H32N2O5S/c1-15(14-27)26-19-21(29)25(16-8-4-3-5-9-16)12-6-11-24(19)17(20(26)28)18-22(30)31-13-7-10-23(18,2)32-24/h6-7,10-11,15-19,27H,3-5,8-9,12-14H2,1-2H3/t15-,17+,18-,19?,23+,24+/m1/s1. The molecule has 0 aromatic carbocycles. The highest BCUT2D eigenvalue weighted by Crippen LogP contribution is 2.65. The number of cyclic esters (lactones) is 1. The molecular weight excluding hydrogens is 428 g/mol. The van der Waals surface area contributed by atoms with Crippen molar-refractivity contribution in [2.24, 2.45) is 11.8 Å². The number of hydrogen-bond acceptors (Lipinski definition) is 6. The molecule has 3 fully saturated rings. The van der Waals surface area contributed by atoms with Gasteiger partial charge in [-0.1, -0.05) is 37.5 Å². The van der Waals surface area contributed by atoms with E-state index in [1.807, 2.05) is 36.1 Å². The van der Waals surface area contributed by atoms with Gasteiger partial charge in [0, 0.05) is 17.3 Å². The highest BCUT2D eigenvalue weighted by atomic mass is 32.2. The Morgan fingerprint density at radius 1 is 1.12 bits per heavy atom. The van der Waals surface area contributed by atoms with Gasteiger partial charge in [0.1, 0.15) is 12.6 Å². The lowest BCUT2D eigenvalue weighted by molar-refractivity contribution is -0.153. The van der Waals surface area contributed by atoms with E-state index in [1.54, 1.807) is 23.6 Å². The van der Waals surface area contributed by atoms with Gasteiger partial charge in [0.15, 0.2) is 0 Å². The van der Waals surface area contributed by atoms with Gasteiger partial charge in [-0.15, -0.1) is 11.8 Å². The molecule has 4 aliphatic heterocycles. The van der Waals surface area contributed by atoms with Gasteiger partial charge in [-0.25, -0.2) is 0 Å². The van der Waals surface area contributed by atoms with E-state index in [0.29, 0.717) is 6.54 Å². The minimum absolute atomic E-state index is 0.0528. The van der Waals surface area contributed by atoms with Gasteiger partial charge in [-0.2, -0.15) is 0 Å². The molecule has 5 rings (SSSR count). The molecule has 0 bridgehead atoms. The maximum absolute atomic E-state index is 14.2. The van der Waals surface area contributed by atoms with E-state index in [2.05, 4.69) is 0 Å². The molecule has 1 spiro atoms. The molecule has 6 atom stereocenters. The van der Waals surface area contributed by atoms with Crippen molar-refractivity contribution in [3.63, 3.8) is 0 Å². The Bertz CT molecular complexity index is 884. The van der Waals surface area contributed by atoms with Gasteiger partial charge in [0.25, 0.3) is 0 Å². The van der Waals surface area contributed by atoms with Crippen molar-refractivity contribution in [3.8, 4) is 0 Å². The molecule has 1 N–H and O–H groups in total. The average Bonchev–Trinajstić information content (AvgIpc) is 3.05. The second-order valence-corrected chi connectivity index (χ2v) is 11.8. The number of nitrogens with zero attached hydrogens (tertiary/aromatic N) is 2. The normalized spacial score (nSPS) is 40.5. The molecule has 1 saturated carbocycles. The van der Waals surface area contributed by atoms with Crippen LogP contribution in [0.2, 0.25) is 0 Å². The number of esters is 1. The zero-order valence-corrected chi connectivity index (χ0v) is 19.6. The molecule has 174 valence electrons. The van der Waals surface area contributed by atoms with Crippen LogP contribution in [0, 0.1) is 11.8 Å². The third kappa shape index (κ3) is 3.01. The van der Waals surface area contributed by atoms with Crippen molar-refractivity contribution >= 4 is 29.5 Å². The molecule has 5 aliphatic rings. The smallest absolute Gasteiger partial charge is 0.311 e. The molecule has 1 aliphatic carbocycles. The zero-order valence-electron chi connectivity index (χ0n) is 18.7. The lowest BCUT2D eigenvalue weighted by Crippen LogP contribution is -2.57. The maximum atomic E-state index is 14.2. The average molecular weight is 461 g/mol. The number of hydrogen-bond donors (Lipinski definition) is 1. The number of ether oxygens (including phenoxy) is 1. The second kappa shape index (κ2) is 7.90. The predicted molar refractivity (Wildman–Crippen MR) is 121 cm³/mol. The summed E-state index contributed by atoms with van der Waals surface area (Å²) in [6, 6.07) is -1.07. The van der Waals surface area contributed by atoms with Gasteiger partial charge < -0.3 is 19.6 Å². The van der Waals surface area contributed by atoms with Crippen LogP contribution in [0.15, 0.2) is 24.3 Å². The highest BCUT2D eigenvalue weighted by Gasteiger charge is 2.74. The van der Waals surface area contributed by atoms with Crippen LogP contribution in [0.25, 0.3) is 0 Å². The molecule has 2 saturated heterocycles. The van der Waals surface area contributed by atoms with Crippen LogP contribution in [0.5, 0.6) is 0 Å². The largest absolute Gasteiger partial charge is 0.461 e. The lowest BCUT2D eigenvalue weighted by atomic mass is 9.75. The first-order chi connectivity index (χ1) is 15.3. The summed E-state index contributed by atoms with van der Waals surface area (Å²) in [7, 11) is 0. The molecule has 0 aromatic heterocycles. The van der Waals surface area contributed by atoms with Crippen molar-refractivity contribution in [1.82, 2.24) is 9.80 Å². The number of aliphatic hydroxyl groups is 1. The summed E-state index contributed by atoms with van der Waals surface area (Å²) in [6.07, 6.45) is 13.2. The highest BCUT2D eigenvalue weighted by molar-refractivity contribution is 8.02. The Kier molecular flexibility index (Phi) is 5.44. The monoisotopic (exact) mass is 460 g/mol. The molecule has 2 amide bonds. The van der Waals surface area contributed by atoms with Crippen LogP contribution in [-0.4, -0.2) is 80.1 Å². The quantitative estimate of drug-likeness (QED) is 0.511. The Balaban J connectivity index is 1.63. The van der Waals surface area contributed by atoms with Gasteiger partial charge in [0.05, 0.1) is 29.2 Å². The van der Waals surface area contributed by atoms with Crippen LogP contribution >= 0.6 is 11.8 Å². The van der Waals surface area contributed by atoms with E-state index in [-0.39, 0.29) is 37.0 Å². The fourth-order valence-electron chi connectivity index (χ4n) is 6.60. The van der Waals surface area contributed by atoms with Crippen molar-refractivity contribution in [2.75, 3.05) is 19.8 Å². The third-order valence-electron chi connectivity index (χ3n) is 8.04. The summed E-state index contributed by atoms with van der Waals surface area (Å²) in [5.41, 5.74) is 0. The Hall–Kier alpha value is -1.80. The number of thioether (sulfide) groups is 1. The minimum Gasteiger partial charge on any atom is -0.461 e. The van der Waals surface area contributed by atoms with E-state index < -0.39 is 33.4 Å². The molecule has 0 radical (unpaired) electrons. The van der Waals surface area contributed by atoms with Crippen molar-refractivity contribution in [3.05, 3.63) is 24.3 Å². The SMILES string of the molecule is C[C@H](CO)N1C(=O)[C@@H]2[C@@H]3C(=O)OCC=C[C@]3(C)S[C@@]23C=CCN(C2CCCCC2)C(=O)C13. The number of rotatable bonds is 3.